The number of hydrogen-bond acceptors (Lipinski definition) is 4. The first kappa shape index (κ1) is 13.4. The van der Waals surface area contributed by atoms with Gasteiger partial charge in [0.25, 0.3) is 5.91 Å². The van der Waals surface area contributed by atoms with Gasteiger partial charge >= 0.3 is 0 Å². The first-order valence-corrected chi connectivity index (χ1v) is 5.05. The summed E-state index contributed by atoms with van der Waals surface area (Å²) in [5.74, 6) is -1.10. The van der Waals surface area contributed by atoms with E-state index in [1.54, 1.807) is 30.3 Å². The van der Waals surface area contributed by atoms with E-state index in [-0.39, 0.29) is 6.42 Å². The molecule has 0 aliphatic carbocycles. The van der Waals surface area contributed by atoms with Crippen LogP contribution in [0.3, 0.4) is 0 Å². The number of para-hydroxylation sites is 1. The molecule has 0 spiro atoms. The fourth-order valence-electron chi connectivity index (χ4n) is 1.23. The quantitative estimate of drug-likeness (QED) is 0.419. The zero-order valence-electron chi connectivity index (χ0n) is 9.38. The molecule has 0 aliphatic heterocycles. The summed E-state index contributed by atoms with van der Waals surface area (Å²) in [7, 11) is 0. The molecule has 92 valence electrons. The fraction of sp³-hybridized carbons (Fsp3) is 0.0833. The maximum absolute atomic E-state index is 11.3. The van der Waals surface area contributed by atoms with Gasteiger partial charge < -0.3 is 5.32 Å². The van der Waals surface area contributed by atoms with Crippen molar-refractivity contribution in [3.05, 3.63) is 35.9 Å². The number of hydrogen-bond donors (Lipinski definition) is 3. The number of anilines is 1. The van der Waals surface area contributed by atoms with Gasteiger partial charge in [0.2, 0.25) is 5.91 Å². The van der Waals surface area contributed by atoms with Gasteiger partial charge in [-0.25, -0.2) is 5.48 Å². The van der Waals surface area contributed by atoms with Crippen molar-refractivity contribution < 1.29 is 14.8 Å². The Morgan fingerprint density at radius 3 is 2.78 bits per heavy atom. The lowest BCUT2D eigenvalue weighted by atomic mass is 10.1. The first-order chi connectivity index (χ1) is 8.67. The predicted molar refractivity (Wildman–Crippen MR) is 64.3 cm³/mol. The van der Waals surface area contributed by atoms with Crippen LogP contribution < -0.4 is 10.8 Å². The molecule has 0 unspecified atom stereocenters. The minimum absolute atomic E-state index is 0.241. The Hall–Kier alpha value is -2.65. The van der Waals surface area contributed by atoms with Gasteiger partial charge in [-0.1, -0.05) is 18.2 Å². The van der Waals surface area contributed by atoms with Gasteiger partial charge in [0.1, 0.15) is 6.42 Å². The molecule has 18 heavy (non-hydrogen) atoms. The minimum atomic E-state index is -0.673. The van der Waals surface area contributed by atoms with E-state index in [2.05, 4.69) is 5.32 Å². The van der Waals surface area contributed by atoms with Crippen molar-refractivity contribution in [3.63, 3.8) is 0 Å². The number of carbonyl (C=O) groups excluding carboxylic acids is 2. The summed E-state index contributed by atoms with van der Waals surface area (Å²) < 4.78 is 0. The maximum atomic E-state index is 11.3. The lowest BCUT2D eigenvalue weighted by Gasteiger charge is -2.06. The molecule has 3 N–H and O–H groups in total. The van der Waals surface area contributed by atoms with Gasteiger partial charge in [0.15, 0.2) is 0 Å². The molecule has 0 radical (unpaired) electrons. The summed E-state index contributed by atoms with van der Waals surface area (Å²) >= 11 is 0. The maximum Gasteiger partial charge on any atom is 0.267 e. The van der Waals surface area contributed by atoms with Gasteiger partial charge in [-0.05, 0) is 17.7 Å². The number of nitriles is 1. The zero-order valence-corrected chi connectivity index (χ0v) is 9.38. The fourth-order valence-corrected chi connectivity index (χ4v) is 1.23. The second-order valence-corrected chi connectivity index (χ2v) is 3.28. The van der Waals surface area contributed by atoms with E-state index >= 15 is 0 Å². The standard InChI is InChI=1S/C12H11N3O3/c13-8-7-11(16)14-10-4-2-1-3-9(10)5-6-12(17)15-18/h1-6,18H,7H2,(H,14,16)(H,15,17). The third kappa shape index (κ3) is 4.08. The van der Waals surface area contributed by atoms with Crippen LogP contribution in [-0.4, -0.2) is 17.0 Å². The molecule has 0 bridgehead atoms. The molecule has 6 heteroatoms. The molecule has 0 atom stereocenters. The van der Waals surface area contributed by atoms with Gasteiger partial charge in [0.05, 0.1) is 6.07 Å². The van der Waals surface area contributed by atoms with Crippen molar-refractivity contribution in [1.82, 2.24) is 5.48 Å². The molecule has 0 aliphatic rings. The number of hydroxylamine groups is 1. The van der Waals surface area contributed by atoms with Crippen LogP contribution in [0.2, 0.25) is 0 Å². The molecule has 6 nitrogen and oxygen atoms in total. The molecule has 0 heterocycles. The predicted octanol–water partition coefficient (Wildman–Crippen LogP) is 1.06. The first-order valence-electron chi connectivity index (χ1n) is 5.05. The van der Waals surface area contributed by atoms with E-state index in [1.165, 1.54) is 11.6 Å². The van der Waals surface area contributed by atoms with Crippen LogP contribution in [0, 0.1) is 11.3 Å². The minimum Gasteiger partial charge on any atom is -0.325 e. The van der Waals surface area contributed by atoms with Gasteiger partial charge in [-0.2, -0.15) is 5.26 Å². The van der Waals surface area contributed by atoms with Crippen LogP contribution in [0.15, 0.2) is 30.3 Å². The highest BCUT2D eigenvalue weighted by Crippen LogP contribution is 2.16. The van der Waals surface area contributed by atoms with Crippen molar-refractivity contribution in [2.45, 2.75) is 6.42 Å². The van der Waals surface area contributed by atoms with Crippen LogP contribution in [0.1, 0.15) is 12.0 Å². The molecule has 0 saturated heterocycles. The van der Waals surface area contributed by atoms with E-state index in [1.807, 2.05) is 0 Å². The smallest absolute Gasteiger partial charge is 0.267 e. The number of benzene rings is 1. The van der Waals surface area contributed by atoms with Crippen LogP contribution in [0.4, 0.5) is 5.69 Å². The van der Waals surface area contributed by atoms with Crippen molar-refractivity contribution in [2.75, 3.05) is 5.32 Å². The van der Waals surface area contributed by atoms with Crippen molar-refractivity contribution in [3.8, 4) is 6.07 Å². The largest absolute Gasteiger partial charge is 0.325 e. The average Bonchev–Trinajstić information content (AvgIpc) is 2.37. The van der Waals surface area contributed by atoms with Crippen molar-refractivity contribution in [2.24, 2.45) is 0 Å². The van der Waals surface area contributed by atoms with Crippen LogP contribution >= 0.6 is 0 Å². The van der Waals surface area contributed by atoms with Crippen molar-refractivity contribution >= 4 is 23.6 Å². The lowest BCUT2D eigenvalue weighted by Crippen LogP contribution is -2.15. The van der Waals surface area contributed by atoms with Crippen LogP contribution in [-0.2, 0) is 9.59 Å². The van der Waals surface area contributed by atoms with Gasteiger partial charge in [-0.15, -0.1) is 0 Å². The van der Waals surface area contributed by atoms with E-state index in [0.29, 0.717) is 11.3 Å². The summed E-state index contributed by atoms with van der Waals surface area (Å²) in [6, 6.07) is 8.51. The Morgan fingerprint density at radius 1 is 1.39 bits per heavy atom. The number of nitrogens with one attached hydrogen (secondary N) is 2. The molecular weight excluding hydrogens is 234 g/mol. The molecule has 2 amide bonds. The van der Waals surface area contributed by atoms with Crippen molar-refractivity contribution in [1.29, 1.82) is 5.26 Å². The Labute approximate surface area is 103 Å². The zero-order chi connectivity index (χ0) is 13.4. The lowest BCUT2D eigenvalue weighted by molar-refractivity contribution is -0.124. The summed E-state index contributed by atoms with van der Waals surface area (Å²) in [5.41, 5.74) is 2.54. The van der Waals surface area contributed by atoms with E-state index in [9.17, 15) is 9.59 Å². The monoisotopic (exact) mass is 245 g/mol. The summed E-state index contributed by atoms with van der Waals surface area (Å²) in [6.07, 6.45) is 2.32. The Balaban J connectivity index is 2.86. The highest BCUT2D eigenvalue weighted by Gasteiger charge is 2.04. The summed E-state index contributed by atoms with van der Waals surface area (Å²) in [4.78, 5) is 22.1. The second kappa shape index (κ2) is 6.83. The number of amides is 2. The molecule has 0 saturated carbocycles. The highest BCUT2D eigenvalue weighted by molar-refractivity contribution is 5.96. The molecular formula is C12H11N3O3. The van der Waals surface area contributed by atoms with Gasteiger partial charge in [0, 0.05) is 11.8 Å². The van der Waals surface area contributed by atoms with E-state index in [4.69, 9.17) is 10.5 Å². The normalized spacial score (nSPS) is 9.78. The number of nitrogens with zero attached hydrogens (tertiary/aromatic N) is 1. The second-order valence-electron chi connectivity index (χ2n) is 3.28. The summed E-state index contributed by atoms with van der Waals surface area (Å²) in [5, 5.41) is 19.3. The Bertz CT molecular complexity index is 518. The molecule has 0 aromatic heterocycles. The van der Waals surface area contributed by atoms with E-state index < -0.39 is 11.8 Å². The summed E-state index contributed by atoms with van der Waals surface area (Å²) in [6.45, 7) is 0. The van der Waals surface area contributed by atoms with Gasteiger partial charge in [-0.3, -0.25) is 14.8 Å². The molecule has 1 rings (SSSR count). The molecule has 1 aromatic rings. The van der Waals surface area contributed by atoms with Crippen LogP contribution in [0.5, 0.6) is 0 Å². The number of rotatable bonds is 4. The number of carbonyl (C=O) groups is 2. The topological polar surface area (TPSA) is 102 Å². The third-order valence-electron chi connectivity index (χ3n) is 2.00. The van der Waals surface area contributed by atoms with E-state index in [0.717, 1.165) is 6.08 Å². The molecule has 0 fully saturated rings. The Kier molecular flexibility index (Phi) is 5.09. The average molecular weight is 245 g/mol. The van der Waals surface area contributed by atoms with Crippen LogP contribution in [0.25, 0.3) is 6.08 Å². The Morgan fingerprint density at radius 2 is 2.11 bits per heavy atom. The highest BCUT2D eigenvalue weighted by atomic mass is 16.5. The third-order valence-corrected chi connectivity index (χ3v) is 2.00. The SMILES string of the molecule is N#CCC(=O)Nc1ccccc1C=CC(=O)NO. The molecule has 1 aromatic carbocycles.